The molecule has 0 spiro atoms. The Morgan fingerprint density at radius 3 is 2.65 bits per heavy atom. The van der Waals surface area contributed by atoms with Crippen LogP contribution >= 0.6 is 0 Å². The Labute approximate surface area is 155 Å². The molecule has 1 aromatic carbocycles. The number of carbonyl (C=O) groups is 1. The van der Waals surface area contributed by atoms with Crippen molar-refractivity contribution in [3.05, 3.63) is 42.0 Å². The maximum Gasteiger partial charge on any atom is 0.308 e. The van der Waals surface area contributed by atoms with Crippen LogP contribution < -0.4 is 10.2 Å². The van der Waals surface area contributed by atoms with E-state index in [4.69, 9.17) is 4.74 Å². The van der Waals surface area contributed by atoms with Crippen LogP contribution in [0.4, 0.5) is 5.69 Å². The highest BCUT2D eigenvalue weighted by molar-refractivity contribution is 5.80. The maximum absolute atomic E-state index is 11.7. The van der Waals surface area contributed by atoms with Crippen LogP contribution in [-0.4, -0.2) is 57.2 Å². The summed E-state index contributed by atoms with van der Waals surface area (Å²) in [5, 5.41) is 3.46. The lowest BCUT2D eigenvalue weighted by atomic mass is 9.97. The molecule has 0 unspecified atom stereocenters. The van der Waals surface area contributed by atoms with E-state index < -0.39 is 0 Å². The summed E-state index contributed by atoms with van der Waals surface area (Å²) in [5.41, 5.74) is 2.49. The minimum absolute atomic E-state index is 0.0140. The fraction of sp³-hybridized carbons (Fsp3) is 0.500. The summed E-state index contributed by atoms with van der Waals surface area (Å²) >= 11 is 0. The summed E-state index contributed by atoms with van der Waals surface area (Å²) in [6, 6.07) is 8.63. The molecule has 2 aliphatic rings. The van der Waals surface area contributed by atoms with E-state index in [1.54, 1.807) is 7.05 Å². The van der Waals surface area contributed by atoms with Gasteiger partial charge < -0.3 is 19.9 Å². The van der Waals surface area contributed by atoms with Crippen molar-refractivity contribution in [1.29, 1.82) is 0 Å². The highest BCUT2D eigenvalue weighted by Crippen LogP contribution is 2.20. The van der Waals surface area contributed by atoms with Crippen LogP contribution in [0.3, 0.4) is 0 Å². The molecule has 1 aromatic rings. The van der Waals surface area contributed by atoms with E-state index in [1.807, 2.05) is 0 Å². The fourth-order valence-electron chi connectivity index (χ4n) is 3.56. The SMILES string of the molecule is CN=C(NCc1cccc(N2CC=CC2)c1)N1CCC(C(=O)OC)CC1. The fourth-order valence-corrected chi connectivity index (χ4v) is 3.56. The number of rotatable bonds is 4. The van der Waals surface area contributed by atoms with Gasteiger partial charge in [0.05, 0.1) is 13.0 Å². The molecule has 0 bridgehead atoms. The van der Waals surface area contributed by atoms with Crippen molar-refractivity contribution in [2.75, 3.05) is 45.2 Å². The van der Waals surface area contributed by atoms with Gasteiger partial charge in [-0.15, -0.1) is 0 Å². The molecule has 26 heavy (non-hydrogen) atoms. The molecule has 0 saturated carbocycles. The van der Waals surface area contributed by atoms with E-state index in [1.165, 1.54) is 18.4 Å². The van der Waals surface area contributed by atoms with Crippen LogP contribution in [-0.2, 0) is 16.1 Å². The summed E-state index contributed by atoms with van der Waals surface area (Å²) in [4.78, 5) is 20.6. The highest BCUT2D eigenvalue weighted by Gasteiger charge is 2.26. The predicted molar refractivity (Wildman–Crippen MR) is 104 cm³/mol. The third-order valence-corrected chi connectivity index (χ3v) is 5.09. The van der Waals surface area contributed by atoms with Gasteiger partial charge in [-0.05, 0) is 30.5 Å². The number of ether oxygens (including phenoxy) is 1. The lowest BCUT2D eigenvalue weighted by Gasteiger charge is -2.33. The number of piperidine rings is 1. The Bertz CT molecular complexity index is 670. The molecule has 0 radical (unpaired) electrons. The molecule has 2 aliphatic heterocycles. The maximum atomic E-state index is 11.7. The van der Waals surface area contributed by atoms with Crippen LogP contribution in [0, 0.1) is 5.92 Å². The van der Waals surface area contributed by atoms with Crippen molar-refractivity contribution in [2.45, 2.75) is 19.4 Å². The number of guanidine groups is 1. The number of benzene rings is 1. The van der Waals surface area contributed by atoms with Crippen LogP contribution in [0.15, 0.2) is 41.4 Å². The number of nitrogens with one attached hydrogen (secondary N) is 1. The first-order chi connectivity index (χ1) is 12.7. The smallest absolute Gasteiger partial charge is 0.308 e. The first-order valence-corrected chi connectivity index (χ1v) is 9.23. The molecule has 0 atom stereocenters. The second kappa shape index (κ2) is 8.74. The van der Waals surface area contributed by atoms with Crippen LogP contribution in [0.25, 0.3) is 0 Å². The molecule has 140 valence electrons. The molecule has 1 fully saturated rings. The molecule has 1 saturated heterocycles. The molecular formula is C20H28N4O2. The summed E-state index contributed by atoms with van der Waals surface area (Å²) in [6.07, 6.45) is 6.02. The average Bonchev–Trinajstić information content (AvgIpc) is 3.23. The van der Waals surface area contributed by atoms with Crippen molar-refractivity contribution < 1.29 is 9.53 Å². The van der Waals surface area contributed by atoms with Gasteiger partial charge in [0.1, 0.15) is 0 Å². The molecule has 3 rings (SSSR count). The zero-order valence-corrected chi connectivity index (χ0v) is 15.6. The van der Waals surface area contributed by atoms with E-state index in [-0.39, 0.29) is 11.9 Å². The second-order valence-electron chi connectivity index (χ2n) is 6.73. The number of aliphatic imine (C=N–C) groups is 1. The van der Waals surface area contributed by atoms with Gasteiger partial charge in [-0.3, -0.25) is 9.79 Å². The Morgan fingerprint density at radius 1 is 1.27 bits per heavy atom. The van der Waals surface area contributed by atoms with Crippen LogP contribution in [0.1, 0.15) is 18.4 Å². The molecule has 0 aromatic heterocycles. The van der Waals surface area contributed by atoms with Gasteiger partial charge in [-0.1, -0.05) is 24.3 Å². The molecule has 0 amide bonds. The van der Waals surface area contributed by atoms with Crippen LogP contribution in [0.5, 0.6) is 0 Å². The zero-order chi connectivity index (χ0) is 18.4. The minimum Gasteiger partial charge on any atom is -0.469 e. The van der Waals surface area contributed by atoms with E-state index in [9.17, 15) is 4.79 Å². The summed E-state index contributed by atoms with van der Waals surface area (Å²) in [5.74, 6) is 0.808. The largest absolute Gasteiger partial charge is 0.469 e. The second-order valence-corrected chi connectivity index (χ2v) is 6.73. The van der Waals surface area contributed by atoms with Gasteiger partial charge in [-0.2, -0.15) is 0 Å². The Balaban J connectivity index is 1.53. The van der Waals surface area contributed by atoms with E-state index in [0.29, 0.717) is 0 Å². The molecule has 2 heterocycles. The van der Waals surface area contributed by atoms with Gasteiger partial charge >= 0.3 is 5.97 Å². The third-order valence-electron chi connectivity index (χ3n) is 5.09. The van der Waals surface area contributed by atoms with Crippen molar-refractivity contribution in [2.24, 2.45) is 10.9 Å². The van der Waals surface area contributed by atoms with Gasteiger partial charge in [0.2, 0.25) is 0 Å². The number of esters is 1. The average molecular weight is 356 g/mol. The monoisotopic (exact) mass is 356 g/mol. The van der Waals surface area contributed by atoms with Gasteiger partial charge in [0, 0.05) is 45.5 Å². The summed E-state index contributed by atoms with van der Waals surface area (Å²) in [6.45, 7) is 4.33. The number of hydrogen-bond donors (Lipinski definition) is 1. The molecule has 6 heteroatoms. The lowest BCUT2D eigenvalue weighted by Crippen LogP contribution is -2.46. The Hall–Kier alpha value is -2.50. The normalized spacial score (nSPS) is 18.3. The van der Waals surface area contributed by atoms with Crippen molar-refractivity contribution in [1.82, 2.24) is 10.2 Å². The number of anilines is 1. The topological polar surface area (TPSA) is 57.2 Å². The molecule has 0 aliphatic carbocycles. The van der Waals surface area contributed by atoms with Crippen molar-refractivity contribution in [3.8, 4) is 0 Å². The van der Waals surface area contributed by atoms with Gasteiger partial charge in [0.25, 0.3) is 0 Å². The number of likely N-dealkylation sites (tertiary alicyclic amines) is 1. The number of methoxy groups -OCH3 is 1. The molecule has 6 nitrogen and oxygen atoms in total. The number of nitrogens with zero attached hydrogens (tertiary/aromatic N) is 3. The van der Waals surface area contributed by atoms with Crippen LogP contribution in [0.2, 0.25) is 0 Å². The third kappa shape index (κ3) is 4.36. The lowest BCUT2D eigenvalue weighted by molar-refractivity contribution is -0.146. The standard InChI is InChI=1S/C20H28N4O2/c1-21-20(24-12-8-17(9-13-24)19(25)26-2)22-15-16-6-5-7-18(14-16)23-10-3-4-11-23/h3-7,14,17H,8-13,15H2,1-2H3,(H,21,22). The van der Waals surface area contributed by atoms with Crippen molar-refractivity contribution >= 4 is 17.6 Å². The quantitative estimate of drug-likeness (QED) is 0.387. The van der Waals surface area contributed by atoms with Crippen molar-refractivity contribution in [3.63, 3.8) is 0 Å². The number of hydrogen-bond acceptors (Lipinski definition) is 4. The Kier molecular flexibility index (Phi) is 6.15. The zero-order valence-electron chi connectivity index (χ0n) is 15.6. The van der Waals surface area contributed by atoms with E-state index in [0.717, 1.165) is 51.5 Å². The molecular weight excluding hydrogens is 328 g/mol. The highest BCUT2D eigenvalue weighted by atomic mass is 16.5. The number of carbonyl (C=O) groups excluding carboxylic acids is 1. The summed E-state index contributed by atoms with van der Waals surface area (Å²) in [7, 11) is 3.27. The predicted octanol–water partition coefficient (Wildman–Crippen LogP) is 2.02. The van der Waals surface area contributed by atoms with E-state index >= 15 is 0 Å². The van der Waals surface area contributed by atoms with Gasteiger partial charge in [0.15, 0.2) is 5.96 Å². The minimum atomic E-state index is -0.0965. The molecule has 1 N–H and O–H groups in total. The first kappa shape index (κ1) is 18.3. The summed E-state index contributed by atoms with van der Waals surface area (Å²) < 4.78 is 4.86. The Morgan fingerprint density at radius 2 is 2.00 bits per heavy atom. The van der Waals surface area contributed by atoms with E-state index in [2.05, 4.69) is 56.5 Å². The van der Waals surface area contributed by atoms with Gasteiger partial charge in [-0.25, -0.2) is 0 Å². The first-order valence-electron chi connectivity index (χ1n) is 9.23.